The molecular weight excluding hydrogens is 266 g/mol. The van der Waals surface area contributed by atoms with Crippen molar-refractivity contribution in [2.24, 2.45) is 0 Å². The van der Waals surface area contributed by atoms with Crippen LogP contribution in [0.2, 0.25) is 0 Å². The fourth-order valence-corrected chi connectivity index (χ4v) is 2.05. The molecule has 0 aliphatic heterocycles. The molecule has 2 rings (SSSR count). The molecule has 5 heteroatoms. The van der Waals surface area contributed by atoms with E-state index in [2.05, 4.69) is 5.10 Å². The largest absolute Gasteiger partial charge is 0.391 e. The molecule has 112 valence electrons. The van der Waals surface area contributed by atoms with Gasteiger partial charge in [-0.2, -0.15) is 5.10 Å². The molecule has 0 saturated heterocycles. The lowest BCUT2D eigenvalue weighted by Crippen LogP contribution is -2.29. The monoisotopic (exact) mass is 287 g/mol. The Morgan fingerprint density at radius 1 is 1.33 bits per heavy atom. The Bertz CT molecular complexity index is 625. The highest BCUT2D eigenvalue weighted by atomic mass is 16.3. The van der Waals surface area contributed by atoms with Crippen molar-refractivity contribution in [3.63, 3.8) is 0 Å². The molecule has 0 fully saturated rings. The van der Waals surface area contributed by atoms with E-state index in [0.717, 1.165) is 5.69 Å². The summed E-state index contributed by atoms with van der Waals surface area (Å²) in [6.45, 7) is 2.82. The molecule has 2 aromatic rings. The zero-order valence-electron chi connectivity index (χ0n) is 12.4. The Hall–Kier alpha value is -2.14. The van der Waals surface area contributed by atoms with E-state index in [1.807, 2.05) is 49.2 Å². The van der Waals surface area contributed by atoms with E-state index in [1.165, 1.54) is 10.2 Å². The molecule has 0 aliphatic carbocycles. The van der Waals surface area contributed by atoms with Gasteiger partial charge in [-0.3, -0.25) is 4.79 Å². The summed E-state index contributed by atoms with van der Waals surface area (Å²) in [7, 11) is 1.93. The second-order valence-electron chi connectivity index (χ2n) is 5.14. The number of aliphatic hydroxyl groups excluding tert-OH is 1. The highest BCUT2D eigenvalue weighted by Crippen LogP contribution is 2.11. The molecule has 0 radical (unpaired) electrons. The number of aliphatic hydroxyl groups is 1. The van der Waals surface area contributed by atoms with Crippen molar-refractivity contribution in [2.45, 2.75) is 32.5 Å². The highest BCUT2D eigenvalue weighted by molar-refractivity contribution is 5.42. The minimum Gasteiger partial charge on any atom is -0.391 e. The molecule has 0 bridgehead atoms. The number of aromatic nitrogens is 2. The molecule has 0 spiro atoms. The summed E-state index contributed by atoms with van der Waals surface area (Å²) in [5.74, 6) is 0. The summed E-state index contributed by atoms with van der Waals surface area (Å²) in [6, 6.07) is 11.6. The molecule has 1 heterocycles. The smallest absolute Gasteiger partial charge is 0.268 e. The van der Waals surface area contributed by atoms with Crippen molar-refractivity contribution in [3.8, 4) is 0 Å². The van der Waals surface area contributed by atoms with Crippen LogP contribution in [0.3, 0.4) is 0 Å². The van der Waals surface area contributed by atoms with E-state index in [0.29, 0.717) is 13.0 Å². The molecule has 5 nitrogen and oxygen atoms in total. The molecule has 0 saturated carbocycles. The third kappa shape index (κ3) is 4.16. The maximum atomic E-state index is 12.0. The van der Waals surface area contributed by atoms with Crippen LogP contribution in [0.25, 0.3) is 0 Å². The van der Waals surface area contributed by atoms with Crippen LogP contribution in [-0.4, -0.2) is 28.0 Å². The maximum absolute atomic E-state index is 12.0. The van der Waals surface area contributed by atoms with Gasteiger partial charge in [0.15, 0.2) is 0 Å². The van der Waals surface area contributed by atoms with Crippen LogP contribution in [0.1, 0.15) is 18.9 Å². The van der Waals surface area contributed by atoms with Gasteiger partial charge in [-0.1, -0.05) is 37.3 Å². The van der Waals surface area contributed by atoms with Gasteiger partial charge in [-0.05, 0) is 12.0 Å². The third-order valence-electron chi connectivity index (χ3n) is 3.41. The molecule has 0 unspecified atom stereocenters. The van der Waals surface area contributed by atoms with Crippen LogP contribution in [0.5, 0.6) is 0 Å². The molecule has 1 N–H and O–H groups in total. The zero-order valence-corrected chi connectivity index (χ0v) is 12.4. The standard InChI is InChI=1S/C16H21N3O2/c1-3-15(20)12-19-16(21)9-14(10-17-19)18(2)11-13-7-5-4-6-8-13/h4-10,15,20H,3,11-12H2,1-2H3/t15-/m1/s1. The van der Waals surface area contributed by atoms with Crippen LogP contribution in [0.4, 0.5) is 5.69 Å². The van der Waals surface area contributed by atoms with Crippen molar-refractivity contribution in [3.05, 3.63) is 58.5 Å². The van der Waals surface area contributed by atoms with Crippen molar-refractivity contribution in [1.82, 2.24) is 9.78 Å². The van der Waals surface area contributed by atoms with E-state index in [4.69, 9.17) is 0 Å². The summed E-state index contributed by atoms with van der Waals surface area (Å²) >= 11 is 0. The zero-order chi connectivity index (χ0) is 15.2. The average Bonchev–Trinajstić information content (AvgIpc) is 2.50. The van der Waals surface area contributed by atoms with E-state index in [9.17, 15) is 9.90 Å². The van der Waals surface area contributed by atoms with Crippen molar-refractivity contribution >= 4 is 5.69 Å². The second kappa shape index (κ2) is 7.04. The molecule has 1 atom stereocenters. The predicted octanol–water partition coefficient (Wildman–Crippen LogP) is 1.65. The number of hydrogen-bond acceptors (Lipinski definition) is 4. The van der Waals surface area contributed by atoms with E-state index < -0.39 is 6.10 Å². The summed E-state index contributed by atoms with van der Waals surface area (Å²) in [6.07, 6.45) is 1.72. The van der Waals surface area contributed by atoms with Gasteiger partial charge in [0.05, 0.1) is 24.5 Å². The van der Waals surface area contributed by atoms with Crippen molar-refractivity contribution < 1.29 is 5.11 Å². The van der Waals surface area contributed by atoms with E-state index in [-0.39, 0.29) is 12.1 Å². The Balaban J connectivity index is 2.10. The maximum Gasteiger partial charge on any atom is 0.268 e. The number of hydrogen-bond donors (Lipinski definition) is 1. The lowest BCUT2D eigenvalue weighted by atomic mass is 10.2. The lowest BCUT2D eigenvalue weighted by Gasteiger charge is -2.19. The van der Waals surface area contributed by atoms with Crippen LogP contribution in [-0.2, 0) is 13.1 Å². The van der Waals surface area contributed by atoms with Crippen LogP contribution in [0, 0.1) is 0 Å². The van der Waals surface area contributed by atoms with Crippen LogP contribution in [0.15, 0.2) is 47.4 Å². The van der Waals surface area contributed by atoms with Gasteiger partial charge in [-0.15, -0.1) is 0 Å². The van der Waals surface area contributed by atoms with E-state index >= 15 is 0 Å². The molecule has 0 aliphatic rings. The minimum absolute atomic E-state index is 0.195. The van der Waals surface area contributed by atoms with Gasteiger partial charge < -0.3 is 10.0 Å². The first-order valence-electron chi connectivity index (χ1n) is 7.10. The normalized spacial score (nSPS) is 12.1. The Labute approximate surface area is 124 Å². The first-order valence-corrected chi connectivity index (χ1v) is 7.10. The molecule has 0 amide bonds. The summed E-state index contributed by atoms with van der Waals surface area (Å²) in [5, 5.41) is 13.7. The number of rotatable bonds is 6. The Morgan fingerprint density at radius 3 is 2.67 bits per heavy atom. The highest BCUT2D eigenvalue weighted by Gasteiger charge is 2.08. The Morgan fingerprint density at radius 2 is 2.05 bits per heavy atom. The lowest BCUT2D eigenvalue weighted by molar-refractivity contribution is 0.143. The summed E-state index contributed by atoms with van der Waals surface area (Å²) in [5.41, 5.74) is 1.75. The van der Waals surface area contributed by atoms with Gasteiger partial charge in [0.2, 0.25) is 0 Å². The quantitative estimate of drug-likeness (QED) is 0.877. The van der Waals surface area contributed by atoms with E-state index in [1.54, 1.807) is 12.3 Å². The van der Waals surface area contributed by atoms with Gasteiger partial charge in [-0.25, -0.2) is 4.68 Å². The van der Waals surface area contributed by atoms with Gasteiger partial charge in [0.25, 0.3) is 5.56 Å². The first kappa shape index (κ1) is 15.3. The summed E-state index contributed by atoms with van der Waals surface area (Å²) < 4.78 is 1.30. The fraction of sp³-hybridized carbons (Fsp3) is 0.375. The topological polar surface area (TPSA) is 58.4 Å². The molecule has 1 aromatic carbocycles. The van der Waals surface area contributed by atoms with Crippen molar-refractivity contribution in [2.75, 3.05) is 11.9 Å². The third-order valence-corrected chi connectivity index (χ3v) is 3.41. The van der Waals surface area contributed by atoms with Gasteiger partial charge in [0.1, 0.15) is 0 Å². The fourth-order valence-electron chi connectivity index (χ4n) is 2.05. The first-order chi connectivity index (χ1) is 10.1. The van der Waals surface area contributed by atoms with Gasteiger partial charge in [0, 0.05) is 19.7 Å². The number of anilines is 1. The van der Waals surface area contributed by atoms with Crippen molar-refractivity contribution in [1.29, 1.82) is 0 Å². The number of benzene rings is 1. The average molecular weight is 287 g/mol. The molecular formula is C16H21N3O2. The Kier molecular flexibility index (Phi) is 5.11. The second-order valence-corrected chi connectivity index (χ2v) is 5.14. The molecule has 1 aromatic heterocycles. The summed E-state index contributed by atoms with van der Waals surface area (Å²) in [4.78, 5) is 14.0. The molecule has 21 heavy (non-hydrogen) atoms. The van der Waals surface area contributed by atoms with Crippen LogP contribution >= 0.6 is 0 Å². The van der Waals surface area contributed by atoms with Gasteiger partial charge >= 0.3 is 0 Å². The SMILES string of the molecule is CC[C@@H](O)Cn1ncc(N(C)Cc2ccccc2)cc1=O. The van der Waals surface area contributed by atoms with Crippen LogP contribution < -0.4 is 10.5 Å². The minimum atomic E-state index is -0.539. The number of nitrogens with zero attached hydrogens (tertiary/aromatic N) is 3. The predicted molar refractivity (Wildman–Crippen MR) is 83.3 cm³/mol.